The van der Waals surface area contributed by atoms with Crippen LogP contribution in [-0.2, 0) is 6.54 Å². The molecule has 0 aromatic carbocycles. The summed E-state index contributed by atoms with van der Waals surface area (Å²) in [6, 6.07) is 0. The number of halogens is 1. The first kappa shape index (κ1) is 13.1. The van der Waals surface area contributed by atoms with Crippen LogP contribution in [0.5, 0.6) is 0 Å². The molecule has 1 aromatic rings. The average Bonchev–Trinajstić information content (AvgIpc) is 2.52. The Balaban J connectivity index is 2.21. The quantitative estimate of drug-likeness (QED) is 0.868. The van der Waals surface area contributed by atoms with Crippen LogP contribution >= 0.6 is 15.9 Å². The summed E-state index contributed by atoms with van der Waals surface area (Å²) in [5, 5.41) is 14.3. The van der Waals surface area contributed by atoms with Gasteiger partial charge in [0.1, 0.15) is 0 Å². The molecule has 0 radical (unpaired) electrons. The number of rotatable bonds is 3. The molecule has 2 rings (SSSR count). The van der Waals surface area contributed by atoms with Crippen LogP contribution < -0.4 is 0 Å². The number of aryl methyl sites for hydroxylation is 1. The van der Waals surface area contributed by atoms with Gasteiger partial charge < -0.3 is 5.11 Å². The van der Waals surface area contributed by atoms with E-state index in [0.717, 1.165) is 36.7 Å². The van der Waals surface area contributed by atoms with Crippen LogP contribution in [-0.4, -0.2) is 21.0 Å². The van der Waals surface area contributed by atoms with Crippen molar-refractivity contribution >= 4 is 15.9 Å². The third kappa shape index (κ3) is 3.10. The molecular weight excluding hydrogens is 280 g/mol. The first-order valence-corrected chi connectivity index (χ1v) is 7.41. The van der Waals surface area contributed by atoms with E-state index in [0.29, 0.717) is 5.92 Å². The summed E-state index contributed by atoms with van der Waals surface area (Å²) in [6.07, 6.45) is 8.22. The Labute approximate surface area is 111 Å². The van der Waals surface area contributed by atoms with Crippen molar-refractivity contribution in [2.24, 2.45) is 0 Å². The lowest BCUT2D eigenvalue weighted by molar-refractivity contribution is 0.150. The van der Waals surface area contributed by atoms with E-state index in [4.69, 9.17) is 0 Å². The van der Waals surface area contributed by atoms with Gasteiger partial charge in [-0.3, -0.25) is 4.68 Å². The largest absolute Gasteiger partial charge is 0.393 e. The smallest absolute Gasteiger partial charge is 0.0635 e. The zero-order valence-corrected chi connectivity index (χ0v) is 12.0. The molecule has 0 saturated heterocycles. The summed E-state index contributed by atoms with van der Waals surface area (Å²) in [4.78, 5) is 0. The SMILES string of the molecule is CCCn1ncc(Br)c1C1CCCCC(O)C1. The topological polar surface area (TPSA) is 38.0 Å². The molecule has 2 atom stereocenters. The molecule has 0 aliphatic heterocycles. The van der Waals surface area contributed by atoms with Crippen molar-refractivity contribution < 1.29 is 5.11 Å². The van der Waals surface area contributed by atoms with Crippen LogP contribution in [0.4, 0.5) is 0 Å². The second-order valence-corrected chi connectivity index (χ2v) is 5.83. The molecule has 1 aliphatic rings. The minimum atomic E-state index is -0.139. The highest BCUT2D eigenvalue weighted by Crippen LogP contribution is 2.35. The Morgan fingerprint density at radius 1 is 1.47 bits per heavy atom. The van der Waals surface area contributed by atoms with E-state index in [9.17, 15) is 5.11 Å². The van der Waals surface area contributed by atoms with Gasteiger partial charge in [-0.25, -0.2) is 0 Å². The molecule has 1 saturated carbocycles. The van der Waals surface area contributed by atoms with Crippen LogP contribution in [0, 0.1) is 0 Å². The van der Waals surface area contributed by atoms with Crippen molar-refractivity contribution in [1.29, 1.82) is 0 Å². The maximum absolute atomic E-state index is 9.93. The highest BCUT2D eigenvalue weighted by Gasteiger charge is 2.24. The molecular formula is C13H21BrN2O. The molecule has 2 unspecified atom stereocenters. The van der Waals surface area contributed by atoms with Gasteiger partial charge in [0, 0.05) is 12.5 Å². The summed E-state index contributed by atoms with van der Waals surface area (Å²) in [5.74, 6) is 0.455. The number of nitrogens with zero attached hydrogens (tertiary/aromatic N) is 2. The number of aliphatic hydroxyl groups is 1. The fourth-order valence-electron chi connectivity index (χ4n) is 2.75. The lowest BCUT2D eigenvalue weighted by Crippen LogP contribution is -2.14. The number of hydrogen-bond acceptors (Lipinski definition) is 2. The summed E-state index contributed by atoms with van der Waals surface area (Å²) in [5.41, 5.74) is 1.29. The highest BCUT2D eigenvalue weighted by atomic mass is 79.9. The lowest BCUT2D eigenvalue weighted by atomic mass is 9.95. The molecule has 17 heavy (non-hydrogen) atoms. The zero-order chi connectivity index (χ0) is 12.3. The van der Waals surface area contributed by atoms with Crippen molar-refractivity contribution in [3.05, 3.63) is 16.4 Å². The number of aliphatic hydroxyl groups excluding tert-OH is 1. The van der Waals surface area contributed by atoms with Gasteiger partial charge in [0.25, 0.3) is 0 Å². The molecule has 1 fully saturated rings. The third-order valence-corrected chi connectivity index (χ3v) is 4.16. The van der Waals surface area contributed by atoms with Gasteiger partial charge in [-0.05, 0) is 41.6 Å². The van der Waals surface area contributed by atoms with E-state index in [-0.39, 0.29) is 6.10 Å². The summed E-state index contributed by atoms with van der Waals surface area (Å²) in [6.45, 7) is 3.13. The first-order chi connectivity index (χ1) is 8.22. The van der Waals surface area contributed by atoms with Crippen molar-refractivity contribution in [2.45, 2.75) is 64.0 Å². The Bertz CT molecular complexity index is 364. The van der Waals surface area contributed by atoms with E-state index in [1.54, 1.807) is 0 Å². The minimum absolute atomic E-state index is 0.139. The fourth-order valence-corrected chi connectivity index (χ4v) is 3.37. The third-order valence-electron chi connectivity index (χ3n) is 3.55. The molecule has 1 aromatic heterocycles. The van der Waals surface area contributed by atoms with Crippen molar-refractivity contribution in [3.8, 4) is 0 Å². The van der Waals surface area contributed by atoms with Gasteiger partial charge in [-0.1, -0.05) is 19.8 Å². The predicted molar refractivity (Wildman–Crippen MR) is 72.1 cm³/mol. The minimum Gasteiger partial charge on any atom is -0.393 e. The van der Waals surface area contributed by atoms with E-state index in [1.165, 1.54) is 18.5 Å². The van der Waals surface area contributed by atoms with Crippen LogP contribution in [0.3, 0.4) is 0 Å². The molecule has 4 heteroatoms. The summed E-state index contributed by atoms with van der Waals surface area (Å²) < 4.78 is 3.21. The van der Waals surface area contributed by atoms with Crippen molar-refractivity contribution in [1.82, 2.24) is 9.78 Å². The molecule has 0 spiro atoms. The fraction of sp³-hybridized carbons (Fsp3) is 0.769. The van der Waals surface area contributed by atoms with Gasteiger partial charge in [0.2, 0.25) is 0 Å². The highest BCUT2D eigenvalue weighted by molar-refractivity contribution is 9.10. The van der Waals surface area contributed by atoms with E-state index < -0.39 is 0 Å². The predicted octanol–water partition coefficient (Wildman–Crippen LogP) is 3.46. The Kier molecular flexibility index (Phi) is 4.62. The first-order valence-electron chi connectivity index (χ1n) is 6.61. The molecule has 1 aliphatic carbocycles. The van der Waals surface area contributed by atoms with E-state index in [1.807, 2.05) is 6.20 Å². The normalized spacial score (nSPS) is 25.8. The van der Waals surface area contributed by atoms with Crippen molar-refractivity contribution in [2.75, 3.05) is 0 Å². The zero-order valence-electron chi connectivity index (χ0n) is 10.4. The number of hydrogen-bond donors (Lipinski definition) is 1. The molecule has 3 nitrogen and oxygen atoms in total. The summed E-state index contributed by atoms with van der Waals surface area (Å²) in [7, 11) is 0. The van der Waals surface area contributed by atoms with Gasteiger partial charge >= 0.3 is 0 Å². The van der Waals surface area contributed by atoms with Crippen LogP contribution in [0.1, 0.15) is 57.1 Å². The van der Waals surface area contributed by atoms with Gasteiger partial charge in [-0.2, -0.15) is 5.10 Å². The molecule has 0 amide bonds. The maximum Gasteiger partial charge on any atom is 0.0635 e. The molecule has 96 valence electrons. The second-order valence-electron chi connectivity index (χ2n) is 4.97. The Morgan fingerprint density at radius 2 is 2.24 bits per heavy atom. The summed E-state index contributed by atoms with van der Waals surface area (Å²) >= 11 is 3.60. The second kappa shape index (κ2) is 6.01. The standard InChI is InChI=1S/C13H21BrN2O/c1-2-7-16-13(12(14)9-15-16)10-5-3-4-6-11(17)8-10/h9-11,17H,2-8H2,1H3. The van der Waals surface area contributed by atoms with E-state index >= 15 is 0 Å². The Morgan fingerprint density at radius 3 is 3.00 bits per heavy atom. The maximum atomic E-state index is 9.93. The number of aromatic nitrogens is 2. The monoisotopic (exact) mass is 300 g/mol. The lowest BCUT2D eigenvalue weighted by Gasteiger charge is -2.18. The van der Waals surface area contributed by atoms with Crippen LogP contribution in [0.25, 0.3) is 0 Å². The van der Waals surface area contributed by atoms with Gasteiger partial charge in [-0.15, -0.1) is 0 Å². The van der Waals surface area contributed by atoms with Crippen LogP contribution in [0.2, 0.25) is 0 Å². The molecule has 1 heterocycles. The van der Waals surface area contributed by atoms with Gasteiger partial charge in [0.15, 0.2) is 0 Å². The van der Waals surface area contributed by atoms with Gasteiger partial charge in [0.05, 0.1) is 22.5 Å². The van der Waals surface area contributed by atoms with Crippen LogP contribution in [0.15, 0.2) is 10.7 Å². The molecule has 1 N–H and O–H groups in total. The van der Waals surface area contributed by atoms with Crippen molar-refractivity contribution in [3.63, 3.8) is 0 Å². The Hall–Kier alpha value is -0.350. The van der Waals surface area contributed by atoms with E-state index in [2.05, 4.69) is 32.6 Å². The molecule has 0 bridgehead atoms. The average molecular weight is 301 g/mol.